The number of hydrogen-bond donors (Lipinski definition) is 1. The standard InChI is InChI=1S/C10H16N2S/c1-3-5-8(2)12-7-4-6-9(12)10(11)13/h4,6-8H,3,5H2,1-2H3,(H2,11,13). The van der Waals surface area contributed by atoms with Gasteiger partial charge < -0.3 is 10.3 Å². The molecule has 1 unspecified atom stereocenters. The van der Waals surface area contributed by atoms with E-state index in [-0.39, 0.29) is 0 Å². The van der Waals surface area contributed by atoms with Crippen molar-refractivity contribution >= 4 is 17.2 Å². The van der Waals surface area contributed by atoms with Crippen molar-refractivity contribution < 1.29 is 0 Å². The van der Waals surface area contributed by atoms with Gasteiger partial charge in [-0.15, -0.1) is 0 Å². The van der Waals surface area contributed by atoms with E-state index in [4.69, 9.17) is 18.0 Å². The van der Waals surface area contributed by atoms with Crippen LogP contribution in [0.3, 0.4) is 0 Å². The number of nitrogens with zero attached hydrogens (tertiary/aromatic N) is 1. The van der Waals surface area contributed by atoms with Crippen LogP contribution in [-0.2, 0) is 0 Å². The average Bonchev–Trinajstić information content (AvgIpc) is 2.52. The third kappa shape index (κ3) is 2.31. The second-order valence-electron chi connectivity index (χ2n) is 3.30. The predicted octanol–water partition coefficient (Wildman–Crippen LogP) is 2.48. The Bertz CT molecular complexity index is 291. The minimum atomic E-state index is 0.480. The number of aromatic nitrogens is 1. The highest BCUT2D eigenvalue weighted by Gasteiger charge is 2.08. The minimum absolute atomic E-state index is 0.480. The molecule has 0 saturated carbocycles. The summed E-state index contributed by atoms with van der Waals surface area (Å²) in [6.45, 7) is 4.37. The summed E-state index contributed by atoms with van der Waals surface area (Å²) < 4.78 is 2.14. The van der Waals surface area contributed by atoms with Crippen LogP contribution in [0.5, 0.6) is 0 Å². The first-order valence-corrected chi connectivity index (χ1v) is 5.04. The Kier molecular flexibility index (Phi) is 3.48. The van der Waals surface area contributed by atoms with E-state index < -0.39 is 0 Å². The fourth-order valence-corrected chi connectivity index (χ4v) is 1.72. The van der Waals surface area contributed by atoms with Crippen LogP contribution in [-0.4, -0.2) is 9.56 Å². The molecule has 0 aliphatic carbocycles. The Labute approximate surface area is 84.7 Å². The Balaban J connectivity index is 2.86. The van der Waals surface area contributed by atoms with Gasteiger partial charge in [-0.25, -0.2) is 0 Å². The van der Waals surface area contributed by atoms with Crippen LogP contribution < -0.4 is 5.73 Å². The molecule has 0 aliphatic heterocycles. The summed E-state index contributed by atoms with van der Waals surface area (Å²) in [6.07, 6.45) is 4.37. The van der Waals surface area contributed by atoms with E-state index in [9.17, 15) is 0 Å². The van der Waals surface area contributed by atoms with Gasteiger partial charge in [0.25, 0.3) is 0 Å². The van der Waals surface area contributed by atoms with Crippen molar-refractivity contribution in [2.45, 2.75) is 32.7 Å². The van der Waals surface area contributed by atoms with Gasteiger partial charge in [0, 0.05) is 12.2 Å². The predicted molar refractivity (Wildman–Crippen MR) is 59.9 cm³/mol. The highest BCUT2D eigenvalue weighted by molar-refractivity contribution is 7.80. The fourth-order valence-electron chi connectivity index (χ4n) is 1.54. The monoisotopic (exact) mass is 196 g/mol. The van der Waals surface area contributed by atoms with E-state index in [1.165, 1.54) is 6.42 Å². The first-order chi connectivity index (χ1) is 6.16. The number of rotatable bonds is 4. The maximum Gasteiger partial charge on any atom is 0.120 e. The molecule has 1 aromatic heterocycles. The minimum Gasteiger partial charge on any atom is -0.388 e. The van der Waals surface area contributed by atoms with E-state index >= 15 is 0 Å². The molecule has 1 aromatic rings. The summed E-state index contributed by atoms with van der Waals surface area (Å²) >= 11 is 4.96. The highest BCUT2D eigenvalue weighted by atomic mass is 32.1. The van der Waals surface area contributed by atoms with Crippen LogP contribution in [0.25, 0.3) is 0 Å². The van der Waals surface area contributed by atoms with Gasteiger partial charge in [0.15, 0.2) is 0 Å². The zero-order valence-electron chi connectivity index (χ0n) is 8.16. The van der Waals surface area contributed by atoms with E-state index in [0.717, 1.165) is 12.1 Å². The van der Waals surface area contributed by atoms with Crippen LogP contribution in [0.15, 0.2) is 18.3 Å². The Hall–Kier alpha value is -0.830. The molecule has 0 saturated heterocycles. The van der Waals surface area contributed by atoms with Crippen molar-refractivity contribution in [3.63, 3.8) is 0 Å². The van der Waals surface area contributed by atoms with Gasteiger partial charge in [-0.3, -0.25) is 0 Å². The largest absolute Gasteiger partial charge is 0.388 e. The Morgan fingerprint density at radius 2 is 2.38 bits per heavy atom. The lowest BCUT2D eigenvalue weighted by molar-refractivity contribution is 0.500. The molecule has 0 aliphatic rings. The first kappa shape index (κ1) is 10.3. The fraction of sp³-hybridized carbons (Fsp3) is 0.500. The van der Waals surface area contributed by atoms with Crippen molar-refractivity contribution in [1.29, 1.82) is 0 Å². The lowest BCUT2D eigenvalue weighted by atomic mass is 10.2. The molecule has 72 valence electrons. The number of hydrogen-bond acceptors (Lipinski definition) is 1. The zero-order valence-corrected chi connectivity index (χ0v) is 8.97. The van der Waals surface area contributed by atoms with Crippen molar-refractivity contribution in [3.05, 3.63) is 24.0 Å². The van der Waals surface area contributed by atoms with Gasteiger partial charge in [-0.05, 0) is 25.5 Å². The van der Waals surface area contributed by atoms with Gasteiger partial charge in [0.2, 0.25) is 0 Å². The molecule has 1 heterocycles. The van der Waals surface area contributed by atoms with Crippen molar-refractivity contribution in [3.8, 4) is 0 Å². The molecule has 1 rings (SSSR count). The molecule has 2 nitrogen and oxygen atoms in total. The van der Waals surface area contributed by atoms with Crippen LogP contribution in [0, 0.1) is 0 Å². The van der Waals surface area contributed by atoms with Crippen LogP contribution >= 0.6 is 12.2 Å². The average molecular weight is 196 g/mol. The lowest BCUT2D eigenvalue weighted by Gasteiger charge is -2.15. The summed E-state index contributed by atoms with van der Waals surface area (Å²) in [5, 5.41) is 0. The van der Waals surface area contributed by atoms with Crippen LogP contribution in [0.1, 0.15) is 38.4 Å². The summed E-state index contributed by atoms with van der Waals surface area (Å²) in [4.78, 5) is 0.480. The van der Waals surface area contributed by atoms with Gasteiger partial charge in [-0.1, -0.05) is 25.6 Å². The molecule has 0 aromatic carbocycles. The Morgan fingerprint density at radius 3 is 2.92 bits per heavy atom. The SMILES string of the molecule is CCCC(C)n1cccc1C(N)=S. The van der Waals surface area contributed by atoms with Crippen molar-refractivity contribution in [1.82, 2.24) is 4.57 Å². The van der Waals surface area contributed by atoms with Crippen molar-refractivity contribution in [2.75, 3.05) is 0 Å². The van der Waals surface area contributed by atoms with Crippen molar-refractivity contribution in [2.24, 2.45) is 5.73 Å². The molecule has 3 heteroatoms. The zero-order chi connectivity index (χ0) is 9.84. The molecule has 0 bridgehead atoms. The molecule has 1 atom stereocenters. The van der Waals surface area contributed by atoms with E-state index in [2.05, 4.69) is 18.4 Å². The smallest absolute Gasteiger partial charge is 0.120 e. The maximum absolute atomic E-state index is 5.60. The van der Waals surface area contributed by atoms with Crippen LogP contribution in [0.2, 0.25) is 0 Å². The second kappa shape index (κ2) is 4.42. The Morgan fingerprint density at radius 1 is 1.69 bits per heavy atom. The second-order valence-corrected chi connectivity index (χ2v) is 3.74. The molecule has 13 heavy (non-hydrogen) atoms. The molecule has 0 spiro atoms. The van der Waals surface area contributed by atoms with E-state index in [1.807, 2.05) is 18.3 Å². The quantitative estimate of drug-likeness (QED) is 0.750. The summed E-state index contributed by atoms with van der Waals surface area (Å²) in [5.74, 6) is 0. The summed E-state index contributed by atoms with van der Waals surface area (Å²) in [7, 11) is 0. The van der Waals surface area contributed by atoms with Gasteiger partial charge in [-0.2, -0.15) is 0 Å². The molecule has 0 radical (unpaired) electrons. The topological polar surface area (TPSA) is 30.9 Å². The van der Waals surface area contributed by atoms with Crippen LogP contribution in [0.4, 0.5) is 0 Å². The third-order valence-electron chi connectivity index (χ3n) is 2.21. The van der Waals surface area contributed by atoms with Gasteiger partial charge in [0.05, 0.1) is 5.69 Å². The van der Waals surface area contributed by atoms with E-state index in [1.54, 1.807) is 0 Å². The molecular weight excluding hydrogens is 180 g/mol. The highest BCUT2D eigenvalue weighted by Crippen LogP contribution is 2.16. The maximum atomic E-state index is 5.60. The summed E-state index contributed by atoms with van der Waals surface area (Å²) in [5.41, 5.74) is 6.57. The third-order valence-corrected chi connectivity index (χ3v) is 2.42. The number of nitrogens with two attached hydrogens (primary N) is 1. The molecular formula is C10H16N2S. The first-order valence-electron chi connectivity index (χ1n) is 4.63. The molecule has 0 amide bonds. The lowest BCUT2D eigenvalue weighted by Crippen LogP contribution is -2.17. The van der Waals surface area contributed by atoms with E-state index in [0.29, 0.717) is 11.0 Å². The normalized spacial score (nSPS) is 12.8. The van der Waals surface area contributed by atoms with Gasteiger partial charge >= 0.3 is 0 Å². The molecule has 2 N–H and O–H groups in total. The van der Waals surface area contributed by atoms with Gasteiger partial charge in [0.1, 0.15) is 4.99 Å². The number of thiocarbonyl (C=S) groups is 1. The summed E-state index contributed by atoms with van der Waals surface area (Å²) in [6, 6.07) is 4.44. The molecule has 0 fully saturated rings.